The third-order valence-electron chi connectivity index (χ3n) is 6.25. The van der Waals surface area contributed by atoms with E-state index in [0.717, 1.165) is 39.3 Å². The Hall–Kier alpha value is 0.585. The van der Waals surface area contributed by atoms with Gasteiger partial charge in [-0.1, -0.05) is 0 Å². The zero-order valence-corrected chi connectivity index (χ0v) is 21.2. The molecule has 0 radical (unpaired) electrons. The van der Waals surface area contributed by atoms with Crippen molar-refractivity contribution in [3.8, 4) is 0 Å². The fourth-order valence-electron chi connectivity index (χ4n) is 4.33. The molecule has 0 saturated carbocycles. The molecule has 0 aliphatic carbocycles. The molecule has 12 nitrogen and oxygen atoms in total. The molecule has 14 heteroatoms. The molecule has 6 fully saturated rings. The minimum atomic E-state index is -3.44. The first-order valence-electron chi connectivity index (χ1n) is 11.9. The van der Waals surface area contributed by atoms with Gasteiger partial charge in [-0.2, -0.15) is 0 Å². The zero-order chi connectivity index (χ0) is 22.1. The van der Waals surface area contributed by atoms with Crippen molar-refractivity contribution in [1.82, 2.24) is 14.7 Å². The van der Waals surface area contributed by atoms with Gasteiger partial charge in [-0.3, -0.25) is 14.7 Å². The summed E-state index contributed by atoms with van der Waals surface area (Å²) in [6.45, 7) is 11.2. The molecule has 32 heavy (non-hydrogen) atoms. The first-order valence-corrected chi connectivity index (χ1v) is 15.6. The van der Waals surface area contributed by atoms with E-state index in [0.29, 0.717) is 72.5 Å². The van der Waals surface area contributed by atoms with Crippen molar-refractivity contribution in [2.75, 3.05) is 118 Å². The van der Waals surface area contributed by atoms with Gasteiger partial charge in [0.05, 0.1) is 6.61 Å². The molecule has 6 aliphatic rings. The summed E-state index contributed by atoms with van der Waals surface area (Å²) in [5, 5.41) is 9.49. The van der Waals surface area contributed by atoms with Crippen molar-refractivity contribution in [2.24, 2.45) is 0 Å². The lowest BCUT2D eigenvalue weighted by molar-refractivity contribution is -0.0798. The van der Waals surface area contributed by atoms with Crippen LogP contribution in [0.3, 0.4) is 0 Å². The molecule has 0 amide bonds. The van der Waals surface area contributed by atoms with Crippen LogP contribution in [0, 0.1) is 0 Å². The molecule has 186 valence electrons. The molecule has 4 bridgehead atoms. The predicted octanol–water partition coefficient (Wildman–Crippen LogP) is -2.06. The molecular formula is C18H37Al2N3O9-2. The largest absolute Gasteiger partial charge is 0.875 e. The van der Waals surface area contributed by atoms with Crippen LogP contribution in [0.15, 0.2) is 0 Å². The van der Waals surface area contributed by atoms with Crippen molar-refractivity contribution < 1.29 is 35.4 Å². The lowest BCUT2D eigenvalue weighted by Crippen LogP contribution is -2.58. The normalized spacial score (nSPS) is 36.2. The Morgan fingerprint density at radius 1 is 0.594 bits per heavy atom. The summed E-state index contributed by atoms with van der Waals surface area (Å²) in [6.07, 6.45) is 0. The fourth-order valence-corrected chi connectivity index (χ4v) is 8.64. The Balaban J connectivity index is 1.22. The second-order valence-corrected chi connectivity index (χ2v) is 13.3. The molecule has 0 atom stereocenters. The monoisotopic (exact) mass is 493 g/mol. The predicted molar refractivity (Wildman–Crippen MR) is 116 cm³/mol. The van der Waals surface area contributed by atoms with Crippen LogP contribution in [0.2, 0.25) is 0 Å². The Kier molecular flexibility index (Phi) is 10.5. The highest BCUT2D eigenvalue weighted by molar-refractivity contribution is 6.53. The maximum Gasteiger partial charge on any atom is 0.875 e. The van der Waals surface area contributed by atoms with E-state index in [-0.39, 0.29) is 6.61 Å². The summed E-state index contributed by atoms with van der Waals surface area (Å²) in [5.41, 5.74) is 0. The van der Waals surface area contributed by atoms with Gasteiger partial charge >= 0.3 is 28.8 Å². The fraction of sp³-hybridized carbons (Fsp3) is 1.00. The van der Waals surface area contributed by atoms with Gasteiger partial charge in [0.2, 0.25) is 0 Å². The minimum Gasteiger partial charge on any atom is -0.586 e. The second kappa shape index (κ2) is 13.0. The number of fused-ring (bicyclic) bond motifs is 12. The van der Waals surface area contributed by atoms with Gasteiger partial charge in [0.25, 0.3) is 0 Å². The number of aliphatic hydroxyl groups is 1. The van der Waals surface area contributed by atoms with Crippen LogP contribution in [0.1, 0.15) is 0 Å². The van der Waals surface area contributed by atoms with E-state index >= 15 is 0 Å². The molecule has 1 N–H and O–H groups in total. The number of hydrogen-bond donors (Lipinski definition) is 1. The number of rotatable bonds is 10. The van der Waals surface area contributed by atoms with Crippen molar-refractivity contribution in [2.45, 2.75) is 0 Å². The molecule has 6 saturated heterocycles. The van der Waals surface area contributed by atoms with E-state index < -0.39 is 28.8 Å². The van der Waals surface area contributed by atoms with Crippen molar-refractivity contribution in [1.29, 1.82) is 0 Å². The lowest BCUT2D eigenvalue weighted by atomic mass is 10.4. The van der Waals surface area contributed by atoms with Crippen LogP contribution in [0.5, 0.6) is 0 Å². The summed E-state index contributed by atoms with van der Waals surface area (Å²) < 4.78 is 47.7. The number of hydrogen-bond acceptors (Lipinski definition) is 12. The summed E-state index contributed by atoms with van der Waals surface area (Å²) in [4.78, 5) is 6.62. The van der Waals surface area contributed by atoms with Crippen molar-refractivity contribution in [3.63, 3.8) is 0 Å². The maximum absolute atomic E-state index is 9.49. The first kappa shape index (κ1) is 25.7. The highest BCUT2D eigenvalue weighted by atomic mass is 27.3. The summed E-state index contributed by atoms with van der Waals surface area (Å²) in [5.74, 6) is 0. The van der Waals surface area contributed by atoms with Gasteiger partial charge < -0.3 is 35.4 Å². The van der Waals surface area contributed by atoms with Crippen molar-refractivity contribution in [3.05, 3.63) is 0 Å². The van der Waals surface area contributed by atoms with E-state index in [2.05, 4.69) is 14.7 Å². The topological polar surface area (TPSA) is 104 Å². The Morgan fingerprint density at radius 3 is 1.25 bits per heavy atom. The quantitative estimate of drug-likeness (QED) is 0.339. The Bertz CT molecular complexity index is 471. The third-order valence-corrected chi connectivity index (χ3v) is 11.4. The standard InChI is InChI=1S/C6H13NO3.2C6H12NO3.2Al/c3*8-4-1-7(2-5-9)3-6-10;;/h8H,1-6H2;2*1-6H2;;/q-2;2*-3;2*+3. The lowest BCUT2D eigenvalue weighted by Gasteiger charge is -2.44. The maximum atomic E-state index is 9.49. The zero-order valence-electron chi connectivity index (χ0n) is 18.9. The average molecular weight is 493 g/mol. The van der Waals surface area contributed by atoms with Gasteiger partial charge in [-0.25, -0.2) is 0 Å². The van der Waals surface area contributed by atoms with Gasteiger partial charge in [0.15, 0.2) is 0 Å². The highest BCUT2D eigenvalue weighted by Crippen LogP contribution is 2.18. The van der Waals surface area contributed by atoms with E-state index in [1.54, 1.807) is 0 Å². The summed E-state index contributed by atoms with van der Waals surface area (Å²) in [7, 11) is 0. The number of nitrogens with zero attached hydrogens (tertiary/aromatic N) is 3. The third kappa shape index (κ3) is 7.54. The molecule has 6 heterocycles. The molecule has 0 unspecified atom stereocenters. The van der Waals surface area contributed by atoms with Crippen LogP contribution in [0.4, 0.5) is 0 Å². The van der Waals surface area contributed by atoms with Crippen LogP contribution in [-0.4, -0.2) is 167 Å². The van der Waals surface area contributed by atoms with Gasteiger partial charge in [-0.15, -0.1) is 0 Å². The van der Waals surface area contributed by atoms with Crippen LogP contribution >= 0.6 is 0 Å². The average Bonchev–Trinajstić information content (AvgIpc) is 2.68. The first-order chi connectivity index (χ1) is 15.7. The SMILES string of the molecule is OCCN(CC[O][Al-]12[O]CCN(CC[O]1)CC[O]2)CC[O][Al-]12[O]CCN(CC[O]1)CC[O]2. The van der Waals surface area contributed by atoms with Crippen molar-refractivity contribution >= 4 is 28.8 Å². The van der Waals surface area contributed by atoms with Gasteiger partial charge in [0.1, 0.15) is 0 Å². The summed E-state index contributed by atoms with van der Waals surface area (Å²) >= 11 is -6.88. The Morgan fingerprint density at radius 2 is 0.938 bits per heavy atom. The van der Waals surface area contributed by atoms with E-state index in [1.807, 2.05) is 0 Å². The number of aliphatic hydroxyl groups excluding tert-OH is 1. The van der Waals surface area contributed by atoms with E-state index in [9.17, 15) is 5.11 Å². The van der Waals surface area contributed by atoms with E-state index in [1.165, 1.54) is 0 Å². The van der Waals surface area contributed by atoms with E-state index in [4.69, 9.17) is 30.3 Å². The molecular weight excluding hydrogens is 456 g/mol. The van der Waals surface area contributed by atoms with Gasteiger partial charge in [-0.05, 0) is 0 Å². The van der Waals surface area contributed by atoms with Gasteiger partial charge in [0, 0.05) is 112 Å². The molecule has 0 spiro atoms. The Labute approximate surface area is 197 Å². The molecule has 0 aromatic carbocycles. The van der Waals surface area contributed by atoms with Crippen LogP contribution in [0.25, 0.3) is 0 Å². The molecule has 0 aromatic rings. The minimum absolute atomic E-state index is 0.0500. The second-order valence-electron chi connectivity index (χ2n) is 8.37. The highest BCUT2D eigenvalue weighted by Gasteiger charge is 2.49. The molecule has 0 aromatic heterocycles. The molecule has 6 aliphatic heterocycles. The van der Waals surface area contributed by atoms with Crippen LogP contribution in [-0.2, 0) is 30.3 Å². The smallest absolute Gasteiger partial charge is 0.586 e. The van der Waals surface area contributed by atoms with Crippen LogP contribution < -0.4 is 0 Å². The summed E-state index contributed by atoms with van der Waals surface area (Å²) in [6, 6.07) is 0. The molecule has 6 rings (SSSR count).